The number of H-pyrrole nitrogens is 1. The minimum Gasteiger partial charge on any atom is -0.493 e. The molecule has 0 unspecified atom stereocenters. The van der Waals surface area contributed by atoms with Crippen LogP contribution < -0.4 is 9.47 Å². The number of carbonyl (C=O) groups excluding carboxylic acids is 1. The number of methoxy groups -OCH3 is 1. The number of rotatable bonds is 6. The first kappa shape index (κ1) is 14.9. The number of carbonyl (C=O) groups is 1. The summed E-state index contributed by atoms with van der Waals surface area (Å²) in [5.74, 6) is 1.20. The van der Waals surface area contributed by atoms with Gasteiger partial charge in [-0.3, -0.25) is 9.89 Å². The molecule has 0 saturated heterocycles. The Labute approximate surface area is 123 Å². The minimum absolute atomic E-state index is 0.114. The minimum atomic E-state index is -0.114. The summed E-state index contributed by atoms with van der Waals surface area (Å²) < 4.78 is 10.9. The van der Waals surface area contributed by atoms with Crippen LogP contribution in [0.4, 0.5) is 0 Å². The maximum absolute atomic E-state index is 11.9. The summed E-state index contributed by atoms with van der Waals surface area (Å²) in [6, 6.07) is 9.10. The lowest BCUT2D eigenvalue weighted by atomic mass is 10.3. The van der Waals surface area contributed by atoms with Crippen LogP contribution >= 0.6 is 0 Å². The van der Waals surface area contributed by atoms with Crippen LogP contribution in [-0.4, -0.2) is 41.7 Å². The average molecular weight is 289 g/mol. The normalized spacial score (nSPS) is 10.2. The highest BCUT2D eigenvalue weighted by molar-refractivity contribution is 5.92. The number of benzene rings is 1. The number of nitrogens with one attached hydrogen (secondary N) is 1. The van der Waals surface area contributed by atoms with Gasteiger partial charge in [0, 0.05) is 13.6 Å². The number of aromatic nitrogens is 2. The predicted octanol–water partition coefficient (Wildman–Crippen LogP) is 2.09. The monoisotopic (exact) mass is 289 g/mol. The molecule has 0 bridgehead atoms. The van der Waals surface area contributed by atoms with E-state index in [-0.39, 0.29) is 12.5 Å². The first-order chi connectivity index (χ1) is 10.2. The van der Waals surface area contributed by atoms with Gasteiger partial charge in [0.15, 0.2) is 17.2 Å². The zero-order valence-electron chi connectivity index (χ0n) is 12.4. The molecule has 0 aliphatic rings. The topological polar surface area (TPSA) is 67.5 Å². The smallest absolute Gasteiger partial charge is 0.274 e. The molecule has 112 valence electrons. The first-order valence-corrected chi connectivity index (χ1v) is 6.71. The Morgan fingerprint density at radius 1 is 1.33 bits per heavy atom. The summed E-state index contributed by atoms with van der Waals surface area (Å²) in [5, 5.41) is 6.82. The van der Waals surface area contributed by atoms with Gasteiger partial charge in [-0.2, -0.15) is 5.10 Å². The highest BCUT2D eigenvalue weighted by Crippen LogP contribution is 2.26. The molecule has 0 atom stereocenters. The third-order valence-corrected chi connectivity index (χ3v) is 3.12. The van der Waals surface area contributed by atoms with Crippen LogP contribution in [-0.2, 0) is 6.61 Å². The molecule has 2 rings (SSSR count). The molecule has 6 nitrogen and oxygen atoms in total. The van der Waals surface area contributed by atoms with Gasteiger partial charge in [0.2, 0.25) is 0 Å². The number of nitrogens with zero attached hydrogens (tertiary/aromatic N) is 2. The van der Waals surface area contributed by atoms with E-state index in [9.17, 15) is 4.79 Å². The van der Waals surface area contributed by atoms with Crippen molar-refractivity contribution in [2.75, 3.05) is 20.7 Å². The van der Waals surface area contributed by atoms with Gasteiger partial charge >= 0.3 is 0 Å². The van der Waals surface area contributed by atoms with Crippen molar-refractivity contribution >= 4 is 5.91 Å². The van der Waals surface area contributed by atoms with Crippen molar-refractivity contribution in [1.29, 1.82) is 0 Å². The van der Waals surface area contributed by atoms with Crippen LogP contribution in [0.3, 0.4) is 0 Å². The number of aromatic amines is 1. The standard InChI is InChI=1S/C15H19N3O3/c1-4-18(2)15(19)12-9-11(16-17-12)10-21-14-8-6-5-7-13(14)20-3/h5-9H,4,10H2,1-3H3,(H,16,17). The molecular weight excluding hydrogens is 270 g/mol. The lowest BCUT2D eigenvalue weighted by Crippen LogP contribution is -2.26. The van der Waals surface area contributed by atoms with Crippen molar-refractivity contribution in [2.45, 2.75) is 13.5 Å². The van der Waals surface area contributed by atoms with Crippen molar-refractivity contribution < 1.29 is 14.3 Å². The summed E-state index contributed by atoms with van der Waals surface area (Å²) in [7, 11) is 3.33. The van der Waals surface area contributed by atoms with Crippen molar-refractivity contribution in [3.63, 3.8) is 0 Å². The van der Waals surface area contributed by atoms with Crippen LogP contribution in [0.1, 0.15) is 23.1 Å². The van der Waals surface area contributed by atoms with Crippen molar-refractivity contribution in [1.82, 2.24) is 15.1 Å². The third kappa shape index (κ3) is 3.53. The molecule has 0 spiro atoms. The van der Waals surface area contributed by atoms with Crippen molar-refractivity contribution in [3.8, 4) is 11.5 Å². The van der Waals surface area contributed by atoms with Crippen LogP contribution in [0.15, 0.2) is 30.3 Å². The summed E-state index contributed by atoms with van der Waals surface area (Å²) in [4.78, 5) is 13.5. The molecule has 0 aliphatic heterocycles. The molecule has 1 aromatic heterocycles. The van der Waals surface area contributed by atoms with Crippen LogP contribution in [0, 0.1) is 0 Å². The fraction of sp³-hybridized carbons (Fsp3) is 0.333. The summed E-state index contributed by atoms with van der Waals surface area (Å²) in [6.07, 6.45) is 0. The number of hydrogen-bond acceptors (Lipinski definition) is 4. The van der Waals surface area contributed by atoms with E-state index in [2.05, 4.69) is 10.2 Å². The van der Waals surface area contributed by atoms with Gasteiger partial charge in [-0.05, 0) is 25.1 Å². The zero-order chi connectivity index (χ0) is 15.2. The van der Waals surface area contributed by atoms with Crippen LogP contribution in [0.2, 0.25) is 0 Å². The van der Waals surface area contributed by atoms with Gasteiger partial charge < -0.3 is 14.4 Å². The average Bonchev–Trinajstić information content (AvgIpc) is 3.00. The largest absolute Gasteiger partial charge is 0.493 e. The lowest BCUT2D eigenvalue weighted by Gasteiger charge is -2.11. The molecule has 1 N–H and O–H groups in total. The Hall–Kier alpha value is -2.50. The second-order valence-electron chi connectivity index (χ2n) is 4.54. The molecule has 0 radical (unpaired) electrons. The number of hydrogen-bond donors (Lipinski definition) is 1. The van der Waals surface area contributed by atoms with E-state index >= 15 is 0 Å². The van der Waals surface area contributed by atoms with Crippen molar-refractivity contribution in [3.05, 3.63) is 41.7 Å². The van der Waals surface area contributed by atoms with E-state index in [0.29, 0.717) is 23.7 Å². The molecular formula is C15H19N3O3. The lowest BCUT2D eigenvalue weighted by molar-refractivity contribution is 0.0796. The molecule has 0 saturated carbocycles. The highest BCUT2D eigenvalue weighted by Gasteiger charge is 2.14. The molecule has 6 heteroatoms. The molecule has 21 heavy (non-hydrogen) atoms. The Morgan fingerprint density at radius 3 is 2.71 bits per heavy atom. The van der Waals surface area contributed by atoms with Crippen LogP contribution in [0.5, 0.6) is 11.5 Å². The third-order valence-electron chi connectivity index (χ3n) is 3.12. The van der Waals surface area contributed by atoms with Gasteiger partial charge in [-0.15, -0.1) is 0 Å². The Balaban J connectivity index is 2.01. The molecule has 1 amide bonds. The zero-order valence-corrected chi connectivity index (χ0v) is 12.4. The summed E-state index contributed by atoms with van der Waals surface area (Å²) >= 11 is 0. The summed E-state index contributed by atoms with van der Waals surface area (Å²) in [6.45, 7) is 2.84. The second-order valence-corrected chi connectivity index (χ2v) is 4.54. The maximum Gasteiger partial charge on any atom is 0.274 e. The van der Waals surface area contributed by atoms with Gasteiger partial charge in [0.1, 0.15) is 6.61 Å². The number of amides is 1. The SMILES string of the molecule is CCN(C)C(=O)c1cc(COc2ccccc2OC)[nH]n1. The van der Waals surface area contributed by atoms with Crippen LogP contribution in [0.25, 0.3) is 0 Å². The Bertz CT molecular complexity index is 610. The van der Waals surface area contributed by atoms with Gasteiger partial charge in [-0.1, -0.05) is 12.1 Å². The molecule has 0 aliphatic carbocycles. The molecule has 1 heterocycles. The molecule has 1 aromatic carbocycles. The van der Waals surface area contributed by atoms with E-state index in [4.69, 9.17) is 9.47 Å². The maximum atomic E-state index is 11.9. The highest BCUT2D eigenvalue weighted by atomic mass is 16.5. The quantitative estimate of drug-likeness (QED) is 0.884. The predicted molar refractivity (Wildman–Crippen MR) is 78.5 cm³/mol. The second kappa shape index (κ2) is 6.78. The van der Waals surface area contributed by atoms with E-state index in [1.165, 1.54) is 0 Å². The fourth-order valence-corrected chi connectivity index (χ4v) is 1.78. The first-order valence-electron chi connectivity index (χ1n) is 6.71. The summed E-state index contributed by atoms with van der Waals surface area (Å²) in [5.41, 5.74) is 1.12. The number of para-hydroxylation sites is 2. The van der Waals surface area contributed by atoms with Gasteiger partial charge in [0.05, 0.1) is 12.8 Å². The van der Waals surface area contributed by atoms with Crippen molar-refractivity contribution in [2.24, 2.45) is 0 Å². The Morgan fingerprint density at radius 2 is 2.05 bits per heavy atom. The fourth-order valence-electron chi connectivity index (χ4n) is 1.78. The van der Waals surface area contributed by atoms with E-state index in [1.807, 2.05) is 31.2 Å². The molecule has 0 fully saturated rings. The van der Waals surface area contributed by atoms with Gasteiger partial charge in [0.25, 0.3) is 5.91 Å². The van der Waals surface area contributed by atoms with Gasteiger partial charge in [-0.25, -0.2) is 0 Å². The Kier molecular flexibility index (Phi) is 4.81. The van der Waals surface area contributed by atoms with E-state index < -0.39 is 0 Å². The van der Waals surface area contributed by atoms with E-state index in [0.717, 1.165) is 5.69 Å². The number of ether oxygens (including phenoxy) is 2. The van der Waals surface area contributed by atoms with E-state index in [1.54, 1.807) is 25.1 Å². The molecule has 2 aromatic rings.